The van der Waals surface area contributed by atoms with Crippen LogP contribution in [0.4, 0.5) is 0 Å². The predicted octanol–water partition coefficient (Wildman–Crippen LogP) is -2.91. The third-order valence-corrected chi connectivity index (χ3v) is 6.34. The van der Waals surface area contributed by atoms with Crippen LogP contribution in [0.3, 0.4) is 0 Å². The average Bonchev–Trinajstić information content (AvgIpc) is 2.41. The van der Waals surface area contributed by atoms with E-state index in [0.717, 1.165) is 0 Å². The molecule has 0 atom stereocenters. The number of rotatable bonds is 3. The van der Waals surface area contributed by atoms with Crippen LogP contribution in [0.15, 0.2) is 34.1 Å². The molecule has 0 saturated heterocycles. The van der Waals surface area contributed by atoms with E-state index in [9.17, 15) is 25.9 Å². The number of hydrogen-bond acceptors (Lipinski definition) is 6. The summed E-state index contributed by atoms with van der Waals surface area (Å²) in [6, 6.07) is 4.98. The standard InChI is InChI=1S/C14H12Cl2O6S2.2Na/c1-7-11(15)5-3-9(13(7)23(17,18)19)10-4-6-12(16)8(2)14(10)24(20,21)22;;/h3-6H,1-2H3,(H,17,18,19)(H,20,21,22);;/q;2*+1/p-2. The van der Waals surface area contributed by atoms with Gasteiger partial charge in [0, 0.05) is 21.2 Å². The molecule has 0 N–H and O–H groups in total. The molecular formula is C14H10Cl2Na2O6S2. The number of halogens is 2. The molecule has 2 aromatic rings. The molecule has 0 radical (unpaired) electrons. The van der Waals surface area contributed by atoms with Crippen LogP contribution in [-0.2, 0) is 20.2 Å². The molecule has 2 rings (SSSR count). The van der Waals surface area contributed by atoms with Crippen LogP contribution in [-0.4, -0.2) is 25.9 Å². The van der Waals surface area contributed by atoms with Crippen LogP contribution in [0.1, 0.15) is 11.1 Å². The molecule has 0 aliphatic carbocycles. The van der Waals surface area contributed by atoms with Gasteiger partial charge in [-0.1, -0.05) is 35.3 Å². The van der Waals surface area contributed by atoms with Crippen molar-refractivity contribution in [1.82, 2.24) is 0 Å². The van der Waals surface area contributed by atoms with Crippen molar-refractivity contribution in [1.29, 1.82) is 0 Å². The van der Waals surface area contributed by atoms with Gasteiger partial charge in [-0.2, -0.15) is 0 Å². The fraction of sp³-hybridized carbons (Fsp3) is 0.143. The van der Waals surface area contributed by atoms with Gasteiger partial charge in [-0.25, -0.2) is 16.8 Å². The maximum Gasteiger partial charge on any atom is 1.00 e. The largest absolute Gasteiger partial charge is 1.00 e. The van der Waals surface area contributed by atoms with Gasteiger partial charge < -0.3 is 9.11 Å². The Morgan fingerprint density at radius 3 is 1.19 bits per heavy atom. The van der Waals surface area contributed by atoms with Crippen LogP contribution in [0.25, 0.3) is 11.1 Å². The molecule has 0 bridgehead atoms. The van der Waals surface area contributed by atoms with E-state index >= 15 is 0 Å². The minimum atomic E-state index is -4.98. The van der Waals surface area contributed by atoms with Crippen LogP contribution in [0, 0.1) is 13.8 Å². The third kappa shape index (κ3) is 5.46. The minimum Gasteiger partial charge on any atom is -0.744 e. The van der Waals surface area contributed by atoms with Crippen LogP contribution in [0.2, 0.25) is 10.0 Å². The Balaban J connectivity index is 0.00000312. The summed E-state index contributed by atoms with van der Waals surface area (Å²) in [4.78, 5) is -1.36. The average molecular weight is 455 g/mol. The maximum absolute atomic E-state index is 11.6. The van der Waals surface area contributed by atoms with Crippen molar-refractivity contribution in [3.8, 4) is 11.1 Å². The maximum atomic E-state index is 11.6. The van der Waals surface area contributed by atoms with E-state index < -0.39 is 30.0 Å². The monoisotopic (exact) mass is 454 g/mol. The van der Waals surface area contributed by atoms with Crippen molar-refractivity contribution in [2.24, 2.45) is 0 Å². The summed E-state index contributed by atoms with van der Waals surface area (Å²) in [5, 5.41) is 0.0378. The molecule has 0 aliphatic rings. The zero-order chi connectivity index (χ0) is 18.4. The second-order valence-corrected chi connectivity index (χ2v) is 8.45. The summed E-state index contributed by atoms with van der Waals surface area (Å²) in [7, 11) is -9.97. The Morgan fingerprint density at radius 1 is 0.692 bits per heavy atom. The Bertz CT molecular complexity index is 968. The zero-order valence-corrected chi connectivity index (χ0v) is 21.5. The molecule has 0 aromatic heterocycles. The molecule has 130 valence electrons. The van der Waals surface area contributed by atoms with Crippen molar-refractivity contribution in [3.05, 3.63) is 45.4 Å². The van der Waals surface area contributed by atoms with E-state index in [1.54, 1.807) is 0 Å². The van der Waals surface area contributed by atoms with E-state index in [-0.39, 0.29) is 91.4 Å². The van der Waals surface area contributed by atoms with Crippen LogP contribution in [0.5, 0.6) is 0 Å². The second kappa shape index (κ2) is 9.56. The van der Waals surface area contributed by atoms with Gasteiger partial charge in [0.2, 0.25) is 0 Å². The minimum absolute atomic E-state index is 0. The van der Waals surface area contributed by atoms with Crippen molar-refractivity contribution in [3.63, 3.8) is 0 Å². The molecule has 0 heterocycles. The molecule has 26 heavy (non-hydrogen) atoms. The second-order valence-electron chi connectivity index (χ2n) is 5.01. The molecule has 6 nitrogen and oxygen atoms in total. The quantitative estimate of drug-likeness (QED) is 0.362. The first-order chi connectivity index (χ1) is 10.9. The number of benzene rings is 2. The molecule has 0 amide bonds. The SMILES string of the molecule is Cc1c(Cl)ccc(-c2ccc(Cl)c(C)c2S(=O)(=O)[O-])c1S(=O)(=O)[O-].[Na+].[Na+]. The first kappa shape index (κ1) is 26.8. The van der Waals surface area contributed by atoms with Gasteiger partial charge in [-0.05, 0) is 37.1 Å². The zero-order valence-electron chi connectivity index (χ0n) is 14.3. The van der Waals surface area contributed by atoms with Crippen molar-refractivity contribution in [2.75, 3.05) is 0 Å². The summed E-state index contributed by atoms with van der Waals surface area (Å²) in [6.07, 6.45) is 0. The smallest absolute Gasteiger partial charge is 0.744 e. The summed E-state index contributed by atoms with van der Waals surface area (Å²) in [5.74, 6) is 0. The van der Waals surface area contributed by atoms with E-state index in [0.29, 0.717) is 0 Å². The van der Waals surface area contributed by atoms with Gasteiger partial charge in [0.1, 0.15) is 20.2 Å². The Morgan fingerprint density at radius 2 is 0.962 bits per heavy atom. The summed E-state index contributed by atoms with van der Waals surface area (Å²) in [5.41, 5.74) is -0.515. The molecule has 0 unspecified atom stereocenters. The molecule has 2 aromatic carbocycles. The third-order valence-electron chi connectivity index (χ3n) is 3.47. The molecule has 0 saturated carbocycles. The van der Waals surface area contributed by atoms with Gasteiger partial charge in [-0.3, -0.25) is 0 Å². The van der Waals surface area contributed by atoms with E-state index in [1.807, 2.05) is 0 Å². The van der Waals surface area contributed by atoms with Gasteiger partial charge in [-0.15, -0.1) is 0 Å². The van der Waals surface area contributed by atoms with Crippen molar-refractivity contribution >= 4 is 43.4 Å². The Kier molecular flexibility index (Phi) is 9.87. The molecule has 0 aliphatic heterocycles. The first-order valence-electron chi connectivity index (χ1n) is 6.36. The van der Waals surface area contributed by atoms with E-state index in [4.69, 9.17) is 23.2 Å². The Hall–Kier alpha value is 0.840. The fourth-order valence-corrected chi connectivity index (χ4v) is 4.70. The fourth-order valence-electron chi connectivity index (χ4n) is 2.40. The van der Waals surface area contributed by atoms with E-state index in [1.165, 1.54) is 38.1 Å². The predicted molar refractivity (Wildman–Crippen MR) is 87.3 cm³/mol. The van der Waals surface area contributed by atoms with E-state index in [2.05, 4.69) is 0 Å². The normalized spacial score (nSPS) is 11.5. The van der Waals surface area contributed by atoms with Gasteiger partial charge >= 0.3 is 59.1 Å². The Labute approximate surface area is 206 Å². The molecular weight excluding hydrogens is 445 g/mol. The van der Waals surface area contributed by atoms with Crippen LogP contribution >= 0.6 is 23.2 Å². The summed E-state index contributed by atoms with van der Waals surface area (Å²) in [6.45, 7) is 2.62. The van der Waals surface area contributed by atoms with Gasteiger partial charge in [0.15, 0.2) is 0 Å². The molecule has 12 heteroatoms. The van der Waals surface area contributed by atoms with Crippen molar-refractivity contribution < 1.29 is 85.1 Å². The first-order valence-corrected chi connectivity index (χ1v) is 9.93. The van der Waals surface area contributed by atoms with Gasteiger partial charge in [0.05, 0.1) is 9.79 Å². The number of hydrogen-bond donors (Lipinski definition) is 0. The van der Waals surface area contributed by atoms with Gasteiger partial charge in [0.25, 0.3) is 0 Å². The summed E-state index contributed by atoms with van der Waals surface area (Å²) >= 11 is 11.7. The topological polar surface area (TPSA) is 114 Å². The summed E-state index contributed by atoms with van der Waals surface area (Å²) < 4.78 is 69.9. The molecule has 0 fully saturated rings. The van der Waals surface area contributed by atoms with Crippen molar-refractivity contribution in [2.45, 2.75) is 23.6 Å². The van der Waals surface area contributed by atoms with Crippen LogP contribution < -0.4 is 59.1 Å². The molecule has 0 spiro atoms.